The minimum absolute atomic E-state index is 0.134. The van der Waals surface area contributed by atoms with Crippen LogP contribution < -0.4 is 10.1 Å². The Labute approximate surface area is 190 Å². The van der Waals surface area contributed by atoms with Gasteiger partial charge in [-0.3, -0.25) is 9.69 Å². The lowest BCUT2D eigenvalue weighted by Gasteiger charge is -2.31. The number of aryl methyl sites for hydroxylation is 1. The van der Waals surface area contributed by atoms with Crippen LogP contribution in [0.3, 0.4) is 0 Å². The molecule has 174 valence electrons. The van der Waals surface area contributed by atoms with E-state index in [-0.39, 0.29) is 10.8 Å². The number of rotatable bonds is 9. The fraction of sp³-hybridized carbons (Fsp3) is 0.458. The zero-order valence-electron chi connectivity index (χ0n) is 19.0. The van der Waals surface area contributed by atoms with Crippen LogP contribution in [0.1, 0.15) is 34.3 Å². The smallest absolute Gasteiger partial charge is 0.251 e. The maximum Gasteiger partial charge on any atom is 0.251 e. The van der Waals surface area contributed by atoms with Gasteiger partial charge in [0.25, 0.3) is 5.91 Å². The Morgan fingerprint density at radius 2 is 1.94 bits per heavy atom. The van der Waals surface area contributed by atoms with Gasteiger partial charge in [-0.1, -0.05) is 18.2 Å². The Kier molecular flexibility index (Phi) is 8.28. The van der Waals surface area contributed by atoms with E-state index >= 15 is 0 Å². The summed E-state index contributed by atoms with van der Waals surface area (Å²) in [7, 11) is -1.26. The Balaban J connectivity index is 1.53. The van der Waals surface area contributed by atoms with Crippen molar-refractivity contribution in [1.82, 2.24) is 10.2 Å². The second-order valence-corrected chi connectivity index (χ2v) is 10.3. The largest absolute Gasteiger partial charge is 0.492 e. The number of sulfone groups is 1. The third-order valence-corrected chi connectivity index (χ3v) is 6.87. The highest BCUT2D eigenvalue weighted by molar-refractivity contribution is 7.90. The summed E-state index contributed by atoms with van der Waals surface area (Å²) in [6.45, 7) is 5.17. The highest BCUT2D eigenvalue weighted by Gasteiger charge is 2.18. The molecule has 0 atom stereocenters. The first-order chi connectivity index (χ1) is 15.2. The van der Waals surface area contributed by atoms with Crippen LogP contribution in [0.4, 0.5) is 0 Å². The number of hydrogen-bond donors (Lipinski definition) is 1. The fourth-order valence-corrected chi connectivity index (χ4v) is 4.36. The monoisotopic (exact) mass is 460 g/mol. The van der Waals surface area contributed by atoms with Crippen LogP contribution in [0.15, 0.2) is 47.4 Å². The van der Waals surface area contributed by atoms with Gasteiger partial charge in [-0.25, -0.2) is 8.42 Å². The van der Waals surface area contributed by atoms with Crippen molar-refractivity contribution in [3.63, 3.8) is 0 Å². The second kappa shape index (κ2) is 10.9. The Morgan fingerprint density at radius 1 is 1.19 bits per heavy atom. The molecule has 3 rings (SSSR count). The van der Waals surface area contributed by atoms with Crippen molar-refractivity contribution >= 4 is 15.7 Å². The minimum Gasteiger partial charge on any atom is -0.492 e. The first-order valence-electron chi connectivity index (χ1n) is 10.8. The Hall–Kier alpha value is -2.42. The number of carbonyl (C=O) groups excluding carboxylic acids is 1. The number of likely N-dealkylation sites (N-methyl/N-ethyl adjacent to an activating group) is 1. The molecular formula is C24H32N2O5S. The molecule has 0 aliphatic carbocycles. The molecule has 1 amide bonds. The van der Waals surface area contributed by atoms with Crippen LogP contribution in [-0.4, -0.2) is 64.9 Å². The molecule has 1 aliphatic rings. The van der Waals surface area contributed by atoms with E-state index in [1.807, 2.05) is 24.3 Å². The molecular weight excluding hydrogens is 428 g/mol. The zero-order chi connectivity index (χ0) is 23.1. The fourth-order valence-electron chi connectivity index (χ4n) is 3.72. The third kappa shape index (κ3) is 6.79. The zero-order valence-corrected chi connectivity index (χ0v) is 19.8. The summed E-state index contributed by atoms with van der Waals surface area (Å²) >= 11 is 0. The average Bonchev–Trinajstić information content (AvgIpc) is 2.78. The average molecular weight is 461 g/mol. The lowest BCUT2D eigenvalue weighted by atomic mass is 10.1. The van der Waals surface area contributed by atoms with Crippen LogP contribution in [0.25, 0.3) is 0 Å². The number of amides is 1. The van der Waals surface area contributed by atoms with Gasteiger partial charge in [0.05, 0.1) is 4.90 Å². The van der Waals surface area contributed by atoms with Gasteiger partial charge in [0.2, 0.25) is 0 Å². The first-order valence-corrected chi connectivity index (χ1v) is 12.7. The molecule has 1 fully saturated rings. The highest BCUT2D eigenvalue weighted by atomic mass is 32.2. The molecule has 0 aromatic heterocycles. The standard InChI is InChI=1S/C24H32N2O5S/c1-18-7-8-22(32(3,28)29)16-23(18)24(27)25-17-19-5-4-6-21(15-19)31-14-11-26(2)20-9-12-30-13-10-20/h4-8,15-16,20H,9-14,17H2,1-3H3,(H,25,27). The maximum absolute atomic E-state index is 12.6. The minimum atomic E-state index is -3.38. The van der Waals surface area contributed by atoms with Gasteiger partial charge in [-0.15, -0.1) is 0 Å². The molecule has 1 heterocycles. The van der Waals surface area contributed by atoms with Crippen LogP contribution in [-0.2, 0) is 21.1 Å². The number of hydrogen-bond acceptors (Lipinski definition) is 6. The van der Waals surface area contributed by atoms with Crippen molar-refractivity contribution in [1.29, 1.82) is 0 Å². The van der Waals surface area contributed by atoms with E-state index < -0.39 is 9.84 Å². The van der Waals surface area contributed by atoms with Crippen LogP contribution in [0.2, 0.25) is 0 Å². The predicted molar refractivity (Wildman–Crippen MR) is 124 cm³/mol. The summed E-state index contributed by atoms with van der Waals surface area (Å²) in [4.78, 5) is 15.1. The SMILES string of the molecule is Cc1ccc(S(C)(=O)=O)cc1C(=O)NCc1cccc(OCCN(C)C2CCOCC2)c1. The van der Waals surface area contributed by atoms with Gasteiger partial charge >= 0.3 is 0 Å². The van der Waals surface area contributed by atoms with E-state index in [9.17, 15) is 13.2 Å². The van der Waals surface area contributed by atoms with E-state index in [0.717, 1.165) is 55.7 Å². The number of ether oxygens (including phenoxy) is 2. The normalized spacial score (nSPS) is 15.0. The van der Waals surface area contributed by atoms with Gasteiger partial charge in [-0.05, 0) is 62.2 Å². The number of nitrogens with zero attached hydrogens (tertiary/aromatic N) is 1. The van der Waals surface area contributed by atoms with Gasteiger partial charge in [-0.2, -0.15) is 0 Å². The molecule has 0 spiro atoms. The molecule has 32 heavy (non-hydrogen) atoms. The second-order valence-electron chi connectivity index (χ2n) is 8.25. The van der Waals surface area contributed by atoms with Gasteiger partial charge in [0.15, 0.2) is 9.84 Å². The molecule has 2 aromatic rings. The van der Waals surface area contributed by atoms with Crippen molar-refractivity contribution in [2.45, 2.75) is 37.2 Å². The van der Waals surface area contributed by atoms with Gasteiger partial charge in [0.1, 0.15) is 12.4 Å². The Bertz CT molecular complexity index is 1030. The summed E-state index contributed by atoms with van der Waals surface area (Å²) in [5.74, 6) is 0.449. The predicted octanol–water partition coefficient (Wildman–Crippen LogP) is 2.82. The molecule has 0 unspecified atom stereocenters. The summed E-state index contributed by atoms with van der Waals surface area (Å²) in [6, 6.07) is 12.8. The summed E-state index contributed by atoms with van der Waals surface area (Å²) in [5, 5.41) is 2.87. The van der Waals surface area contributed by atoms with Crippen molar-refractivity contribution in [3.8, 4) is 5.75 Å². The van der Waals surface area contributed by atoms with E-state index in [4.69, 9.17) is 9.47 Å². The maximum atomic E-state index is 12.6. The third-order valence-electron chi connectivity index (χ3n) is 5.76. The van der Waals surface area contributed by atoms with Crippen LogP contribution >= 0.6 is 0 Å². The van der Waals surface area contributed by atoms with E-state index in [1.165, 1.54) is 12.1 Å². The van der Waals surface area contributed by atoms with E-state index in [1.54, 1.807) is 13.0 Å². The summed E-state index contributed by atoms with van der Waals surface area (Å²) < 4.78 is 34.9. The van der Waals surface area contributed by atoms with Crippen molar-refractivity contribution < 1.29 is 22.7 Å². The van der Waals surface area contributed by atoms with Crippen molar-refractivity contribution in [2.75, 3.05) is 39.7 Å². The topological polar surface area (TPSA) is 84.9 Å². The number of nitrogens with one attached hydrogen (secondary N) is 1. The van der Waals surface area contributed by atoms with Crippen LogP contribution in [0, 0.1) is 6.92 Å². The molecule has 1 N–H and O–H groups in total. The quantitative estimate of drug-likeness (QED) is 0.620. The number of carbonyl (C=O) groups is 1. The molecule has 7 nitrogen and oxygen atoms in total. The summed E-state index contributed by atoms with van der Waals surface area (Å²) in [6.07, 6.45) is 3.24. The van der Waals surface area contributed by atoms with E-state index in [0.29, 0.717) is 24.8 Å². The molecule has 2 aromatic carbocycles. The molecule has 1 saturated heterocycles. The Morgan fingerprint density at radius 3 is 2.66 bits per heavy atom. The lowest BCUT2D eigenvalue weighted by molar-refractivity contribution is 0.0392. The number of benzene rings is 2. The molecule has 0 saturated carbocycles. The van der Waals surface area contributed by atoms with Gasteiger partial charge < -0.3 is 14.8 Å². The van der Waals surface area contributed by atoms with Crippen molar-refractivity contribution in [3.05, 3.63) is 59.2 Å². The van der Waals surface area contributed by atoms with E-state index in [2.05, 4.69) is 17.3 Å². The van der Waals surface area contributed by atoms with Crippen molar-refractivity contribution in [2.24, 2.45) is 0 Å². The highest BCUT2D eigenvalue weighted by Crippen LogP contribution is 2.17. The molecule has 8 heteroatoms. The summed E-state index contributed by atoms with van der Waals surface area (Å²) in [5.41, 5.74) is 1.99. The molecule has 0 radical (unpaired) electrons. The molecule has 1 aliphatic heterocycles. The van der Waals surface area contributed by atoms with Gasteiger partial charge in [0, 0.05) is 44.2 Å². The molecule has 0 bridgehead atoms. The lowest BCUT2D eigenvalue weighted by Crippen LogP contribution is -2.38. The van der Waals surface area contributed by atoms with Crippen LogP contribution in [0.5, 0.6) is 5.75 Å². The first kappa shape index (κ1) is 24.2.